The van der Waals surface area contributed by atoms with E-state index in [4.69, 9.17) is 9.15 Å². The first kappa shape index (κ1) is 17.3. The van der Waals surface area contributed by atoms with Crippen LogP contribution in [0.2, 0.25) is 0 Å². The molecule has 0 aliphatic rings. The number of hydrogen-bond acceptors (Lipinski definition) is 5. The van der Waals surface area contributed by atoms with E-state index >= 15 is 0 Å². The summed E-state index contributed by atoms with van der Waals surface area (Å²) in [5.74, 6) is -2.74. The van der Waals surface area contributed by atoms with Gasteiger partial charge in [-0.25, -0.2) is 9.18 Å². The Balaban J connectivity index is 1.66. The molecule has 0 aliphatic heterocycles. The Hall–Kier alpha value is -3.48. The highest BCUT2D eigenvalue weighted by Crippen LogP contribution is 2.20. The molecule has 0 saturated heterocycles. The fourth-order valence-electron chi connectivity index (χ4n) is 2.38. The van der Waals surface area contributed by atoms with E-state index in [0.717, 1.165) is 11.5 Å². The van der Waals surface area contributed by atoms with Crippen molar-refractivity contribution >= 4 is 34.3 Å². The zero-order valence-electron chi connectivity index (χ0n) is 13.7. The van der Waals surface area contributed by atoms with Crippen LogP contribution in [-0.4, -0.2) is 24.3 Å². The fraction of sp³-hybridized carbons (Fsp3) is 0.105. The number of fused-ring (bicyclic) bond motifs is 1. The van der Waals surface area contributed by atoms with Crippen LogP contribution >= 0.6 is 0 Å². The molecule has 0 saturated carbocycles. The molecule has 0 aliphatic carbocycles. The third kappa shape index (κ3) is 3.77. The van der Waals surface area contributed by atoms with Gasteiger partial charge in [0.05, 0.1) is 5.56 Å². The molecule has 1 heterocycles. The Morgan fingerprint density at radius 3 is 2.58 bits per heavy atom. The smallest absolute Gasteiger partial charge is 0.374 e. The molecule has 3 rings (SSSR count). The van der Waals surface area contributed by atoms with Crippen LogP contribution in [0.4, 0.5) is 10.1 Å². The SMILES string of the molecule is CC(=O)Nc1ccc(C(=O)COC(=O)c2cc3ccccc3o2)c(F)c1. The molecule has 6 nitrogen and oxygen atoms in total. The predicted octanol–water partition coefficient (Wildman–Crippen LogP) is 3.57. The number of ketones is 1. The first-order valence-corrected chi connectivity index (χ1v) is 7.70. The summed E-state index contributed by atoms with van der Waals surface area (Å²) in [6.07, 6.45) is 0. The third-order valence-corrected chi connectivity index (χ3v) is 3.55. The van der Waals surface area contributed by atoms with E-state index in [-0.39, 0.29) is 22.9 Å². The van der Waals surface area contributed by atoms with Crippen LogP contribution in [0.5, 0.6) is 0 Å². The third-order valence-electron chi connectivity index (χ3n) is 3.55. The largest absolute Gasteiger partial charge is 0.451 e. The number of amides is 1. The Kier molecular flexibility index (Phi) is 4.79. The first-order chi connectivity index (χ1) is 12.4. The minimum absolute atomic E-state index is 0.0412. The van der Waals surface area contributed by atoms with Gasteiger partial charge in [0.25, 0.3) is 0 Å². The molecule has 0 unspecified atom stereocenters. The molecule has 0 bridgehead atoms. The van der Waals surface area contributed by atoms with Crippen molar-refractivity contribution < 1.29 is 27.9 Å². The quantitative estimate of drug-likeness (QED) is 0.559. The summed E-state index contributed by atoms with van der Waals surface area (Å²) in [5, 5.41) is 3.14. The van der Waals surface area contributed by atoms with Gasteiger partial charge in [0.1, 0.15) is 11.4 Å². The zero-order chi connectivity index (χ0) is 18.7. The summed E-state index contributed by atoms with van der Waals surface area (Å²) in [7, 11) is 0. The molecule has 1 aromatic heterocycles. The van der Waals surface area contributed by atoms with Crippen LogP contribution in [0.1, 0.15) is 27.8 Å². The van der Waals surface area contributed by atoms with Gasteiger partial charge in [-0.3, -0.25) is 9.59 Å². The molecular weight excluding hydrogens is 341 g/mol. The minimum Gasteiger partial charge on any atom is -0.451 e. The van der Waals surface area contributed by atoms with Crippen molar-refractivity contribution in [2.45, 2.75) is 6.92 Å². The molecule has 0 radical (unpaired) electrons. The lowest BCUT2D eigenvalue weighted by molar-refractivity contribution is -0.114. The zero-order valence-corrected chi connectivity index (χ0v) is 13.7. The number of para-hydroxylation sites is 1. The number of carbonyl (C=O) groups excluding carboxylic acids is 3. The Bertz CT molecular complexity index is 975. The summed E-state index contributed by atoms with van der Waals surface area (Å²) < 4.78 is 24.3. The van der Waals surface area contributed by atoms with Gasteiger partial charge in [-0.15, -0.1) is 0 Å². The molecule has 0 atom stereocenters. The molecule has 1 amide bonds. The van der Waals surface area contributed by atoms with Crippen LogP contribution in [0.3, 0.4) is 0 Å². The van der Waals surface area contributed by atoms with E-state index in [1.165, 1.54) is 25.1 Å². The lowest BCUT2D eigenvalue weighted by Gasteiger charge is -2.06. The van der Waals surface area contributed by atoms with Crippen molar-refractivity contribution in [2.24, 2.45) is 0 Å². The van der Waals surface area contributed by atoms with Crippen molar-refractivity contribution in [3.63, 3.8) is 0 Å². The van der Waals surface area contributed by atoms with Gasteiger partial charge in [-0.2, -0.15) is 0 Å². The van der Waals surface area contributed by atoms with Crippen molar-refractivity contribution in [2.75, 3.05) is 11.9 Å². The molecular formula is C19H14FNO5. The van der Waals surface area contributed by atoms with E-state index in [2.05, 4.69) is 5.32 Å². The second-order valence-corrected chi connectivity index (χ2v) is 5.52. The van der Waals surface area contributed by atoms with Crippen LogP contribution < -0.4 is 5.32 Å². The molecule has 2 aromatic carbocycles. The van der Waals surface area contributed by atoms with E-state index in [1.807, 2.05) is 0 Å². The Morgan fingerprint density at radius 2 is 1.88 bits per heavy atom. The summed E-state index contributed by atoms with van der Waals surface area (Å²) >= 11 is 0. The second kappa shape index (κ2) is 7.18. The highest BCUT2D eigenvalue weighted by molar-refractivity contribution is 6.00. The molecule has 1 N–H and O–H groups in total. The van der Waals surface area contributed by atoms with Crippen molar-refractivity contribution in [3.05, 3.63) is 65.7 Å². The standard InChI is InChI=1S/C19H14FNO5/c1-11(22)21-13-6-7-14(15(20)9-13)16(23)10-25-19(24)18-8-12-4-2-3-5-17(12)26-18/h2-9H,10H2,1H3,(H,21,22). The van der Waals surface area contributed by atoms with Gasteiger partial charge >= 0.3 is 5.97 Å². The Labute approximate surface area is 147 Å². The van der Waals surface area contributed by atoms with E-state index in [1.54, 1.807) is 24.3 Å². The highest BCUT2D eigenvalue weighted by Gasteiger charge is 2.18. The molecule has 26 heavy (non-hydrogen) atoms. The number of hydrogen-bond donors (Lipinski definition) is 1. The average molecular weight is 355 g/mol. The lowest BCUT2D eigenvalue weighted by atomic mass is 10.1. The van der Waals surface area contributed by atoms with Crippen LogP contribution in [0.15, 0.2) is 52.9 Å². The number of benzene rings is 2. The number of ether oxygens (including phenoxy) is 1. The Morgan fingerprint density at radius 1 is 1.12 bits per heavy atom. The number of esters is 1. The van der Waals surface area contributed by atoms with Crippen LogP contribution in [-0.2, 0) is 9.53 Å². The van der Waals surface area contributed by atoms with Crippen molar-refractivity contribution in [1.82, 2.24) is 0 Å². The van der Waals surface area contributed by atoms with Gasteiger partial charge in [0.15, 0.2) is 6.61 Å². The topological polar surface area (TPSA) is 85.6 Å². The average Bonchev–Trinajstić information content (AvgIpc) is 3.03. The summed E-state index contributed by atoms with van der Waals surface area (Å²) in [6, 6.07) is 12.2. The van der Waals surface area contributed by atoms with Gasteiger partial charge in [0, 0.05) is 18.0 Å². The second-order valence-electron chi connectivity index (χ2n) is 5.52. The lowest BCUT2D eigenvalue weighted by Crippen LogP contribution is -2.15. The molecule has 0 fully saturated rings. The summed E-state index contributed by atoms with van der Waals surface area (Å²) in [6.45, 7) is 0.654. The monoisotopic (exact) mass is 355 g/mol. The van der Waals surface area contributed by atoms with Crippen molar-refractivity contribution in [1.29, 1.82) is 0 Å². The maximum absolute atomic E-state index is 14.0. The van der Waals surface area contributed by atoms with Crippen LogP contribution in [0, 0.1) is 5.82 Å². The number of halogens is 1. The number of furan rings is 1. The summed E-state index contributed by atoms with van der Waals surface area (Å²) in [4.78, 5) is 35.0. The number of nitrogens with one attached hydrogen (secondary N) is 1. The van der Waals surface area contributed by atoms with Crippen LogP contribution in [0.25, 0.3) is 11.0 Å². The minimum atomic E-state index is -0.818. The van der Waals surface area contributed by atoms with E-state index < -0.39 is 24.2 Å². The first-order valence-electron chi connectivity index (χ1n) is 7.70. The summed E-state index contributed by atoms with van der Waals surface area (Å²) in [5.41, 5.74) is 0.507. The van der Waals surface area contributed by atoms with E-state index in [0.29, 0.717) is 5.58 Å². The van der Waals surface area contributed by atoms with Gasteiger partial charge in [-0.1, -0.05) is 18.2 Å². The van der Waals surface area contributed by atoms with E-state index in [9.17, 15) is 18.8 Å². The van der Waals surface area contributed by atoms with Gasteiger partial charge in [-0.05, 0) is 30.3 Å². The number of rotatable bonds is 5. The maximum Gasteiger partial charge on any atom is 0.374 e. The maximum atomic E-state index is 14.0. The fourth-order valence-corrected chi connectivity index (χ4v) is 2.38. The molecule has 132 valence electrons. The molecule has 0 spiro atoms. The predicted molar refractivity (Wildman–Crippen MR) is 91.5 cm³/mol. The highest BCUT2D eigenvalue weighted by atomic mass is 19.1. The molecule has 3 aromatic rings. The number of carbonyl (C=O) groups is 3. The number of Topliss-reactive ketones (excluding diaryl/α,β-unsaturated/α-hetero) is 1. The normalized spacial score (nSPS) is 10.5. The van der Waals surface area contributed by atoms with Gasteiger partial charge in [0.2, 0.25) is 17.5 Å². The van der Waals surface area contributed by atoms with Crippen molar-refractivity contribution in [3.8, 4) is 0 Å². The molecule has 7 heteroatoms. The number of anilines is 1. The van der Waals surface area contributed by atoms with Gasteiger partial charge < -0.3 is 14.5 Å².